The van der Waals surface area contributed by atoms with Crippen LogP contribution in [0, 0.1) is 11.3 Å². The molecule has 0 saturated heterocycles. The number of fused-ring (bicyclic) bond motifs is 1. The molecule has 146 valence electrons. The Balaban J connectivity index is 1.78. The highest BCUT2D eigenvalue weighted by Crippen LogP contribution is 2.32. The lowest BCUT2D eigenvalue weighted by atomic mass is 9.91. The summed E-state index contributed by atoms with van der Waals surface area (Å²) < 4.78 is 0. The van der Waals surface area contributed by atoms with E-state index < -0.39 is 5.97 Å². The first kappa shape index (κ1) is 18.8. The van der Waals surface area contributed by atoms with E-state index in [1.165, 1.54) is 6.20 Å². The molecule has 1 aromatic carbocycles. The molecule has 3 aromatic rings. The van der Waals surface area contributed by atoms with Crippen molar-refractivity contribution in [3.05, 3.63) is 54.0 Å². The van der Waals surface area contributed by atoms with Crippen molar-refractivity contribution in [2.75, 3.05) is 5.32 Å². The molecule has 0 unspecified atom stereocenters. The molecular weight excluding hydrogens is 366 g/mol. The van der Waals surface area contributed by atoms with Gasteiger partial charge in [0.1, 0.15) is 17.3 Å². The van der Waals surface area contributed by atoms with Crippen molar-refractivity contribution in [3.63, 3.8) is 0 Å². The van der Waals surface area contributed by atoms with Crippen LogP contribution in [0.3, 0.4) is 0 Å². The second-order valence-electron chi connectivity index (χ2n) is 7.38. The van der Waals surface area contributed by atoms with Crippen LogP contribution in [0.4, 0.5) is 5.69 Å². The van der Waals surface area contributed by atoms with Crippen LogP contribution in [0.15, 0.2) is 42.7 Å². The highest BCUT2D eigenvalue weighted by atomic mass is 16.4. The Hall–Kier alpha value is -3.50. The van der Waals surface area contributed by atoms with Crippen molar-refractivity contribution in [2.45, 2.75) is 37.8 Å². The number of anilines is 1. The Morgan fingerprint density at radius 3 is 2.52 bits per heavy atom. The number of carboxylic acid groups (broad SMARTS) is 1. The normalized spacial score (nSPS) is 18.9. The molecule has 1 saturated carbocycles. The standard InChI is InChI=1S/C22H21N5O2/c23-10-17-5-1-14(11-25-17)13-2-8-20-18(9-13)21(19(12-26-20)22(28)29)27-16-6-3-15(24)4-7-16/h1-2,5,8-9,11-12,15-16H,3-4,6-7,24H2,(H,26,27)(H,28,29). The Bertz CT molecular complexity index is 1100. The summed E-state index contributed by atoms with van der Waals surface area (Å²) in [6, 6.07) is 11.6. The summed E-state index contributed by atoms with van der Waals surface area (Å²) in [6.07, 6.45) is 6.71. The zero-order valence-corrected chi connectivity index (χ0v) is 15.8. The van der Waals surface area contributed by atoms with Gasteiger partial charge in [-0.15, -0.1) is 0 Å². The molecule has 1 aliphatic rings. The van der Waals surface area contributed by atoms with Crippen LogP contribution in [0.1, 0.15) is 41.7 Å². The summed E-state index contributed by atoms with van der Waals surface area (Å²) in [5.41, 5.74) is 9.55. The fourth-order valence-corrected chi connectivity index (χ4v) is 3.79. The Labute approximate surface area is 168 Å². The Kier molecular flexibility index (Phi) is 5.10. The van der Waals surface area contributed by atoms with Gasteiger partial charge in [0.15, 0.2) is 0 Å². The Morgan fingerprint density at radius 2 is 1.86 bits per heavy atom. The first-order chi connectivity index (χ1) is 14.0. The van der Waals surface area contributed by atoms with Gasteiger partial charge in [0.2, 0.25) is 0 Å². The van der Waals surface area contributed by atoms with E-state index in [4.69, 9.17) is 11.0 Å². The van der Waals surface area contributed by atoms with E-state index in [0.29, 0.717) is 11.4 Å². The van der Waals surface area contributed by atoms with Gasteiger partial charge in [0, 0.05) is 35.4 Å². The van der Waals surface area contributed by atoms with Gasteiger partial charge in [-0.05, 0) is 55.5 Å². The monoisotopic (exact) mass is 387 g/mol. The lowest BCUT2D eigenvalue weighted by molar-refractivity contribution is 0.0697. The molecule has 2 heterocycles. The molecule has 1 aliphatic carbocycles. The third-order valence-electron chi connectivity index (χ3n) is 5.43. The number of benzene rings is 1. The maximum Gasteiger partial charge on any atom is 0.339 e. The molecule has 0 radical (unpaired) electrons. The lowest BCUT2D eigenvalue weighted by Crippen LogP contribution is -2.33. The van der Waals surface area contributed by atoms with Gasteiger partial charge < -0.3 is 16.2 Å². The summed E-state index contributed by atoms with van der Waals surface area (Å²) in [6.45, 7) is 0. The van der Waals surface area contributed by atoms with E-state index >= 15 is 0 Å². The third kappa shape index (κ3) is 3.89. The third-order valence-corrected chi connectivity index (χ3v) is 5.43. The fourth-order valence-electron chi connectivity index (χ4n) is 3.79. The molecule has 4 N–H and O–H groups in total. The summed E-state index contributed by atoms with van der Waals surface area (Å²) >= 11 is 0. The number of rotatable bonds is 4. The summed E-state index contributed by atoms with van der Waals surface area (Å²) in [5.74, 6) is -1.01. The van der Waals surface area contributed by atoms with Crippen LogP contribution in [-0.2, 0) is 0 Å². The van der Waals surface area contributed by atoms with Crippen LogP contribution >= 0.6 is 0 Å². The quantitative estimate of drug-likeness (QED) is 0.625. The Morgan fingerprint density at radius 1 is 1.10 bits per heavy atom. The smallest absolute Gasteiger partial charge is 0.339 e. The number of nitrogens with two attached hydrogens (primary N) is 1. The van der Waals surface area contributed by atoms with Gasteiger partial charge in [-0.25, -0.2) is 9.78 Å². The fraction of sp³-hybridized carbons (Fsp3) is 0.273. The number of pyridine rings is 2. The molecule has 1 fully saturated rings. The number of aromatic carboxylic acids is 1. The maximum atomic E-state index is 11.8. The number of nitrogens with zero attached hydrogens (tertiary/aromatic N) is 3. The van der Waals surface area contributed by atoms with Crippen molar-refractivity contribution < 1.29 is 9.90 Å². The largest absolute Gasteiger partial charge is 0.478 e. The van der Waals surface area contributed by atoms with Crippen LogP contribution in [0.2, 0.25) is 0 Å². The SMILES string of the molecule is N#Cc1ccc(-c2ccc3ncc(C(=O)O)c(NC4CCC(N)CC4)c3c2)cn1. The van der Waals surface area contributed by atoms with Crippen molar-refractivity contribution in [1.29, 1.82) is 5.26 Å². The van der Waals surface area contributed by atoms with Gasteiger partial charge in [0.25, 0.3) is 0 Å². The van der Waals surface area contributed by atoms with E-state index in [1.54, 1.807) is 12.3 Å². The first-order valence-electron chi connectivity index (χ1n) is 9.60. The molecule has 0 bridgehead atoms. The molecule has 4 rings (SSSR count). The summed E-state index contributed by atoms with van der Waals surface area (Å²) in [4.78, 5) is 20.3. The minimum atomic E-state index is -1.01. The average Bonchev–Trinajstić information content (AvgIpc) is 2.75. The molecule has 7 heteroatoms. The molecular formula is C22H21N5O2. The molecule has 0 amide bonds. The van der Waals surface area contributed by atoms with Gasteiger partial charge in [-0.1, -0.05) is 6.07 Å². The number of nitriles is 1. The zero-order chi connectivity index (χ0) is 20.4. The maximum absolute atomic E-state index is 11.8. The minimum absolute atomic E-state index is 0.155. The second kappa shape index (κ2) is 7.86. The molecule has 0 spiro atoms. The van der Waals surface area contributed by atoms with Crippen LogP contribution < -0.4 is 11.1 Å². The topological polar surface area (TPSA) is 125 Å². The van der Waals surface area contributed by atoms with E-state index in [9.17, 15) is 9.90 Å². The van der Waals surface area contributed by atoms with E-state index in [-0.39, 0.29) is 17.6 Å². The van der Waals surface area contributed by atoms with Crippen molar-refractivity contribution >= 4 is 22.6 Å². The number of carboxylic acids is 1. The molecule has 0 atom stereocenters. The average molecular weight is 387 g/mol. The van der Waals surface area contributed by atoms with Crippen molar-refractivity contribution in [2.24, 2.45) is 5.73 Å². The highest BCUT2D eigenvalue weighted by Gasteiger charge is 2.22. The number of hydrogen-bond donors (Lipinski definition) is 3. The van der Waals surface area contributed by atoms with Gasteiger partial charge in [-0.2, -0.15) is 5.26 Å². The van der Waals surface area contributed by atoms with E-state index in [2.05, 4.69) is 15.3 Å². The second-order valence-corrected chi connectivity index (χ2v) is 7.38. The highest BCUT2D eigenvalue weighted by molar-refractivity contribution is 6.05. The van der Waals surface area contributed by atoms with Crippen molar-refractivity contribution in [1.82, 2.24) is 9.97 Å². The number of carbonyl (C=O) groups is 1. The number of nitrogens with one attached hydrogen (secondary N) is 1. The zero-order valence-electron chi connectivity index (χ0n) is 15.8. The van der Waals surface area contributed by atoms with E-state index in [0.717, 1.165) is 47.7 Å². The predicted octanol–water partition coefficient (Wildman–Crippen LogP) is 3.55. The van der Waals surface area contributed by atoms with Crippen LogP contribution in [-0.4, -0.2) is 33.1 Å². The lowest BCUT2D eigenvalue weighted by Gasteiger charge is -2.28. The minimum Gasteiger partial charge on any atom is -0.478 e. The van der Waals surface area contributed by atoms with Crippen LogP contribution in [0.25, 0.3) is 22.0 Å². The number of hydrogen-bond acceptors (Lipinski definition) is 6. The first-order valence-corrected chi connectivity index (χ1v) is 9.60. The van der Waals surface area contributed by atoms with Gasteiger partial charge in [-0.3, -0.25) is 4.98 Å². The van der Waals surface area contributed by atoms with Crippen molar-refractivity contribution in [3.8, 4) is 17.2 Å². The van der Waals surface area contributed by atoms with Gasteiger partial charge >= 0.3 is 5.97 Å². The van der Waals surface area contributed by atoms with Gasteiger partial charge in [0.05, 0.1) is 11.2 Å². The predicted molar refractivity (Wildman–Crippen MR) is 111 cm³/mol. The molecule has 0 aliphatic heterocycles. The van der Waals surface area contributed by atoms with E-state index in [1.807, 2.05) is 30.3 Å². The summed E-state index contributed by atoms with van der Waals surface area (Å²) in [5, 5.41) is 22.8. The molecule has 29 heavy (non-hydrogen) atoms. The summed E-state index contributed by atoms with van der Waals surface area (Å²) in [7, 11) is 0. The van der Waals surface area contributed by atoms with Crippen LogP contribution in [0.5, 0.6) is 0 Å². The molecule has 7 nitrogen and oxygen atoms in total. The number of aromatic nitrogens is 2. The molecule has 2 aromatic heterocycles.